The van der Waals surface area contributed by atoms with Crippen LogP contribution in [0.15, 0.2) is 36.4 Å². The Hall–Kier alpha value is -2.10. The summed E-state index contributed by atoms with van der Waals surface area (Å²) in [6, 6.07) is 12.9. The first-order valence-corrected chi connectivity index (χ1v) is 6.83. The molecule has 104 valence electrons. The van der Waals surface area contributed by atoms with E-state index in [9.17, 15) is 0 Å². The summed E-state index contributed by atoms with van der Waals surface area (Å²) in [5, 5.41) is 0. The monoisotopic (exact) mass is 270 g/mol. The van der Waals surface area contributed by atoms with E-state index in [2.05, 4.69) is 34.2 Å². The van der Waals surface area contributed by atoms with Crippen molar-refractivity contribution in [1.29, 1.82) is 0 Å². The molecule has 4 nitrogen and oxygen atoms in total. The molecule has 20 heavy (non-hydrogen) atoms. The lowest BCUT2D eigenvalue weighted by atomic mass is 9.68. The third kappa shape index (κ3) is 2.33. The normalized spacial score (nSPS) is 21.1. The Morgan fingerprint density at radius 2 is 1.70 bits per heavy atom. The predicted molar refractivity (Wildman–Crippen MR) is 76.3 cm³/mol. The highest BCUT2D eigenvalue weighted by Crippen LogP contribution is 2.48. The number of aromatic nitrogens is 2. The first-order valence-electron chi connectivity index (χ1n) is 6.83. The van der Waals surface area contributed by atoms with E-state index < -0.39 is 0 Å². The van der Waals surface area contributed by atoms with Gasteiger partial charge in [-0.3, -0.25) is 0 Å². The van der Waals surface area contributed by atoms with Gasteiger partial charge < -0.3 is 9.47 Å². The quantitative estimate of drug-likeness (QED) is 0.856. The molecule has 1 aliphatic rings. The number of rotatable bonds is 4. The molecule has 0 radical (unpaired) electrons. The van der Waals surface area contributed by atoms with E-state index in [1.165, 1.54) is 12.0 Å². The summed E-state index contributed by atoms with van der Waals surface area (Å²) >= 11 is 0. The SMILES string of the molecule is COc1cc([C@@H]2CC[C@@H]2c2ccccc2)nc(OC)n1. The van der Waals surface area contributed by atoms with Gasteiger partial charge >= 0.3 is 6.01 Å². The maximum absolute atomic E-state index is 5.23. The van der Waals surface area contributed by atoms with Crippen LogP contribution in [0.25, 0.3) is 0 Å². The van der Waals surface area contributed by atoms with Crippen LogP contribution in [0.5, 0.6) is 11.9 Å². The number of hydrogen-bond donors (Lipinski definition) is 0. The molecule has 4 heteroatoms. The fraction of sp³-hybridized carbons (Fsp3) is 0.375. The number of methoxy groups -OCH3 is 2. The van der Waals surface area contributed by atoms with Crippen LogP contribution in [0.3, 0.4) is 0 Å². The van der Waals surface area contributed by atoms with Crippen molar-refractivity contribution in [2.24, 2.45) is 0 Å². The summed E-state index contributed by atoms with van der Waals surface area (Å²) in [5.41, 5.74) is 2.38. The van der Waals surface area contributed by atoms with E-state index in [0.29, 0.717) is 23.7 Å². The van der Waals surface area contributed by atoms with Gasteiger partial charge in [0, 0.05) is 12.0 Å². The lowest BCUT2D eigenvalue weighted by Gasteiger charge is -2.36. The van der Waals surface area contributed by atoms with Gasteiger partial charge in [0.15, 0.2) is 0 Å². The second kappa shape index (κ2) is 5.49. The molecular formula is C16H18N2O2. The van der Waals surface area contributed by atoms with Crippen molar-refractivity contribution in [3.63, 3.8) is 0 Å². The Morgan fingerprint density at radius 3 is 2.30 bits per heavy atom. The van der Waals surface area contributed by atoms with Crippen molar-refractivity contribution >= 4 is 0 Å². The largest absolute Gasteiger partial charge is 0.481 e. The molecule has 0 amide bonds. The van der Waals surface area contributed by atoms with Crippen molar-refractivity contribution in [3.8, 4) is 11.9 Å². The van der Waals surface area contributed by atoms with E-state index >= 15 is 0 Å². The van der Waals surface area contributed by atoms with Crippen molar-refractivity contribution in [2.45, 2.75) is 24.7 Å². The molecule has 3 rings (SSSR count). The first-order chi connectivity index (χ1) is 9.81. The smallest absolute Gasteiger partial charge is 0.319 e. The molecule has 1 heterocycles. The molecule has 1 aliphatic carbocycles. The predicted octanol–water partition coefficient (Wildman–Crippen LogP) is 3.16. The van der Waals surface area contributed by atoms with Crippen LogP contribution in [0.4, 0.5) is 0 Å². The minimum absolute atomic E-state index is 0.373. The summed E-state index contributed by atoms with van der Waals surface area (Å²) in [7, 11) is 3.19. The van der Waals surface area contributed by atoms with Crippen LogP contribution in [0, 0.1) is 0 Å². The molecule has 0 N–H and O–H groups in total. The summed E-state index contributed by atoms with van der Waals surface area (Å²) < 4.78 is 10.4. The Labute approximate surface area is 118 Å². The van der Waals surface area contributed by atoms with Crippen molar-refractivity contribution < 1.29 is 9.47 Å². The average Bonchev–Trinajstić information content (AvgIpc) is 2.46. The van der Waals surface area contributed by atoms with Crippen LogP contribution >= 0.6 is 0 Å². The summed E-state index contributed by atoms with van der Waals surface area (Å²) in [4.78, 5) is 8.64. The standard InChI is InChI=1S/C16H18N2O2/c1-19-15-10-14(17-16(18-15)20-2)13-9-8-12(13)11-6-4-3-5-7-11/h3-7,10,12-13H,8-9H2,1-2H3/t12-,13-/m1/s1. The van der Waals surface area contributed by atoms with Gasteiger partial charge in [-0.15, -0.1) is 0 Å². The lowest BCUT2D eigenvalue weighted by molar-refractivity contribution is 0.318. The van der Waals surface area contributed by atoms with Gasteiger partial charge in [-0.2, -0.15) is 9.97 Å². The molecule has 1 aromatic heterocycles. The van der Waals surface area contributed by atoms with Crippen LogP contribution < -0.4 is 9.47 Å². The van der Waals surface area contributed by atoms with Crippen LogP contribution in [0.2, 0.25) is 0 Å². The van der Waals surface area contributed by atoms with Gasteiger partial charge in [0.2, 0.25) is 5.88 Å². The van der Waals surface area contributed by atoms with Gasteiger partial charge in [0.05, 0.1) is 19.9 Å². The molecule has 0 unspecified atom stereocenters. The highest BCUT2D eigenvalue weighted by Gasteiger charge is 2.34. The second-order valence-corrected chi connectivity index (χ2v) is 5.02. The molecule has 1 saturated carbocycles. The maximum atomic E-state index is 5.23. The lowest BCUT2D eigenvalue weighted by Crippen LogP contribution is -2.23. The Kier molecular flexibility index (Phi) is 3.54. The highest BCUT2D eigenvalue weighted by molar-refractivity contribution is 5.31. The Bertz CT molecular complexity index is 564. The number of ether oxygens (including phenoxy) is 2. The fourth-order valence-corrected chi connectivity index (χ4v) is 2.76. The minimum atomic E-state index is 0.373. The highest BCUT2D eigenvalue weighted by atomic mass is 16.5. The van der Waals surface area contributed by atoms with Crippen LogP contribution in [0.1, 0.15) is 35.9 Å². The summed E-state index contributed by atoms with van der Waals surface area (Å²) in [5.74, 6) is 1.51. The fourth-order valence-electron chi connectivity index (χ4n) is 2.76. The average molecular weight is 270 g/mol. The molecular weight excluding hydrogens is 252 g/mol. The van der Waals surface area contributed by atoms with E-state index in [1.54, 1.807) is 14.2 Å². The van der Waals surface area contributed by atoms with Crippen molar-refractivity contribution in [3.05, 3.63) is 47.7 Å². The molecule has 0 aliphatic heterocycles. The first kappa shape index (κ1) is 12.9. The summed E-state index contributed by atoms with van der Waals surface area (Å²) in [6.07, 6.45) is 2.34. The number of hydrogen-bond acceptors (Lipinski definition) is 4. The van der Waals surface area contributed by atoms with E-state index in [-0.39, 0.29) is 0 Å². The van der Waals surface area contributed by atoms with Gasteiger partial charge in [0.1, 0.15) is 0 Å². The molecule has 0 spiro atoms. The molecule has 2 atom stereocenters. The maximum Gasteiger partial charge on any atom is 0.319 e. The van der Waals surface area contributed by atoms with Gasteiger partial charge in [-0.05, 0) is 24.3 Å². The summed E-state index contributed by atoms with van der Waals surface area (Å²) in [6.45, 7) is 0. The molecule has 2 aromatic rings. The molecule has 1 aromatic carbocycles. The minimum Gasteiger partial charge on any atom is -0.481 e. The third-order valence-electron chi connectivity index (χ3n) is 3.98. The third-order valence-corrected chi connectivity index (χ3v) is 3.98. The zero-order valence-electron chi connectivity index (χ0n) is 11.7. The van der Waals surface area contributed by atoms with Gasteiger partial charge in [-0.1, -0.05) is 30.3 Å². The second-order valence-electron chi connectivity index (χ2n) is 5.02. The van der Waals surface area contributed by atoms with Gasteiger partial charge in [-0.25, -0.2) is 0 Å². The van der Waals surface area contributed by atoms with Crippen molar-refractivity contribution in [1.82, 2.24) is 9.97 Å². The molecule has 0 saturated heterocycles. The zero-order chi connectivity index (χ0) is 13.9. The number of nitrogens with zero attached hydrogens (tertiary/aromatic N) is 2. The van der Waals surface area contributed by atoms with Crippen molar-refractivity contribution in [2.75, 3.05) is 14.2 Å². The topological polar surface area (TPSA) is 44.2 Å². The van der Waals surface area contributed by atoms with Gasteiger partial charge in [0.25, 0.3) is 0 Å². The zero-order valence-corrected chi connectivity index (χ0v) is 11.7. The van der Waals surface area contributed by atoms with Crippen LogP contribution in [-0.2, 0) is 0 Å². The Morgan fingerprint density at radius 1 is 0.950 bits per heavy atom. The van der Waals surface area contributed by atoms with E-state index in [0.717, 1.165) is 12.1 Å². The molecule has 1 fully saturated rings. The Balaban J connectivity index is 1.89. The van der Waals surface area contributed by atoms with E-state index in [1.807, 2.05) is 12.1 Å². The molecule has 0 bridgehead atoms. The van der Waals surface area contributed by atoms with Crippen LogP contribution in [-0.4, -0.2) is 24.2 Å². The van der Waals surface area contributed by atoms with E-state index in [4.69, 9.17) is 9.47 Å². The number of benzene rings is 1.